The molecule has 1 N–H and O–H groups in total. The molecule has 0 spiro atoms. The van der Waals surface area contributed by atoms with Gasteiger partial charge in [-0.15, -0.1) is 25.5 Å². The van der Waals surface area contributed by atoms with Crippen LogP contribution in [0.1, 0.15) is 24.5 Å². The molecule has 1 aliphatic rings. The molecule has 0 saturated heterocycles. The molecule has 4 aromatic rings. The molecule has 0 saturated carbocycles. The van der Waals surface area contributed by atoms with Gasteiger partial charge < -0.3 is 9.88 Å². The van der Waals surface area contributed by atoms with Crippen LogP contribution in [0.15, 0.2) is 42.5 Å². The van der Waals surface area contributed by atoms with Crippen molar-refractivity contribution in [1.82, 2.24) is 34.6 Å². The largest absolute Gasteiger partial charge is 0.361 e. The molecule has 8 heteroatoms. The Bertz CT molecular complexity index is 1050. The van der Waals surface area contributed by atoms with E-state index in [-0.39, 0.29) is 0 Å². The fourth-order valence-corrected chi connectivity index (χ4v) is 3.32. The number of nitrogens with one attached hydrogen (secondary N) is 1. The molecule has 130 valence electrons. The molecule has 3 aromatic heterocycles. The molecule has 5 rings (SSSR count). The summed E-state index contributed by atoms with van der Waals surface area (Å²) in [7, 11) is 0. The maximum atomic E-state index is 4.65. The van der Waals surface area contributed by atoms with Gasteiger partial charge in [-0.25, -0.2) is 0 Å². The number of nitrogens with zero attached hydrogens (tertiary/aromatic N) is 7. The lowest BCUT2D eigenvalue weighted by molar-refractivity contribution is 0.509. The van der Waals surface area contributed by atoms with Crippen LogP contribution in [0.25, 0.3) is 17.0 Å². The molecule has 4 heterocycles. The summed E-state index contributed by atoms with van der Waals surface area (Å²) in [6.07, 6.45) is 3.39. The van der Waals surface area contributed by atoms with Crippen LogP contribution in [0.3, 0.4) is 0 Å². The average molecular weight is 346 g/mol. The van der Waals surface area contributed by atoms with Crippen molar-refractivity contribution in [2.75, 3.05) is 5.32 Å². The summed E-state index contributed by atoms with van der Waals surface area (Å²) in [6, 6.07) is 13.8. The van der Waals surface area contributed by atoms with Gasteiger partial charge in [0.05, 0.1) is 6.54 Å². The highest BCUT2D eigenvalue weighted by molar-refractivity contribution is 5.59. The number of hydrogen-bond donors (Lipinski definition) is 1. The highest BCUT2D eigenvalue weighted by Crippen LogP contribution is 2.19. The highest BCUT2D eigenvalue weighted by Gasteiger charge is 2.16. The van der Waals surface area contributed by atoms with Gasteiger partial charge in [0, 0.05) is 18.5 Å². The quantitative estimate of drug-likeness (QED) is 0.610. The van der Waals surface area contributed by atoms with Gasteiger partial charge >= 0.3 is 0 Å². The average Bonchev–Trinajstić information content (AvgIpc) is 3.31. The van der Waals surface area contributed by atoms with Gasteiger partial charge in [-0.3, -0.25) is 0 Å². The SMILES string of the molecule is c1ccc(-c2nnc3ccc(NCc4nnc5n4CCCC5)nn23)cc1. The Hall–Kier alpha value is -3.29. The van der Waals surface area contributed by atoms with Crippen molar-refractivity contribution < 1.29 is 0 Å². The minimum Gasteiger partial charge on any atom is -0.361 e. The number of anilines is 1. The van der Waals surface area contributed by atoms with Crippen LogP contribution in [-0.4, -0.2) is 34.6 Å². The van der Waals surface area contributed by atoms with Crippen LogP contribution < -0.4 is 5.32 Å². The molecule has 8 nitrogen and oxygen atoms in total. The molecular formula is C18H18N8. The third kappa shape index (κ3) is 2.59. The Morgan fingerprint density at radius 1 is 0.923 bits per heavy atom. The predicted molar refractivity (Wildman–Crippen MR) is 96.5 cm³/mol. The van der Waals surface area contributed by atoms with Crippen molar-refractivity contribution in [1.29, 1.82) is 0 Å². The first-order chi connectivity index (χ1) is 12.9. The van der Waals surface area contributed by atoms with Crippen LogP contribution in [0.4, 0.5) is 5.82 Å². The van der Waals surface area contributed by atoms with E-state index in [2.05, 4.69) is 35.4 Å². The summed E-state index contributed by atoms with van der Waals surface area (Å²) in [4.78, 5) is 0. The summed E-state index contributed by atoms with van der Waals surface area (Å²) in [5.74, 6) is 3.52. The standard InChI is InChI=1S/C18H18N8/c1-2-6-13(7-3-1)18-23-21-16-10-9-14(24-26(16)18)19-12-17-22-20-15-8-4-5-11-25(15)17/h1-3,6-7,9-10H,4-5,8,11-12H2,(H,19,24). The van der Waals surface area contributed by atoms with Gasteiger partial charge in [0.15, 0.2) is 17.3 Å². The molecule has 0 aliphatic carbocycles. The van der Waals surface area contributed by atoms with E-state index in [0.29, 0.717) is 12.2 Å². The zero-order valence-corrected chi connectivity index (χ0v) is 14.2. The van der Waals surface area contributed by atoms with E-state index < -0.39 is 0 Å². The number of hydrogen-bond acceptors (Lipinski definition) is 6. The minimum absolute atomic E-state index is 0.592. The number of rotatable bonds is 4. The number of fused-ring (bicyclic) bond motifs is 2. The number of aryl methyl sites for hydroxylation is 1. The second kappa shape index (κ2) is 6.21. The Morgan fingerprint density at radius 3 is 2.77 bits per heavy atom. The minimum atomic E-state index is 0.592. The van der Waals surface area contributed by atoms with Crippen LogP contribution in [0, 0.1) is 0 Å². The van der Waals surface area contributed by atoms with E-state index in [0.717, 1.165) is 41.8 Å². The summed E-state index contributed by atoms with van der Waals surface area (Å²) < 4.78 is 3.97. The Morgan fingerprint density at radius 2 is 1.85 bits per heavy atom. The first-order valence-corrected chi connectivity index (χ1v) is 8.81. The lowest BCUT2D eigenvalue weighted by Crippen LogP contribution is -2.15. The maximum absolute atomic E-state index is 4.65. The van der Waals surface area contributed by atoms with E-state index in [4.69, 9.17) is 0 Å². The lowest BCUT2D eigenvalue weighted by atomic mass is 10.2. The van der Waals surface area contributed by atoms with Crippen molar-refractivity contribution in [3.05, 3.63) is 54.1 Å². The van der Waals surface area contributed by atoms with Gasteiger partial charge in [0.2, 0.25) is 0 Å². The van der Waals surface area contributed by atoms with Gasteiger partial charge in [0.1, 0.15) is 11.6 Å². The van der Waals surface area contributed by atoms with Crippen molar-refractivity contribution in [3.8, 4) is 11.4 Å². The summed E-state index contributed by atoms with van der Waals surface area (Å²) in [5.41, 5.74) is 1.70. The second-order valence-electron chi connectivity index (χ2n) is 6.37. The summed E-state index contributed by atoms with van der Waals surface area (Å²) >= 11 is 0. The lowest BCUT2D eigenvalue weighted by Gasteiger charge is -2.15. The van der Waals surface area contributed by atoms with Crippen molar-refractivity contribution in [2.45, 2.75) is 32.4 Å². The molecule has 0 bridgehead atoms. The van der Waals surface area contributed by atoms with Crippen LogP contribution in [-0.2, 0) is 19.5 Å². The molecule has 0 radical (unpaired) electrons. The Balaban J connectivity index is 1.42. The Labute approximate surface area is 149 Å². The van der Waals surface area contributed by atoms with Crippen LogP contribution in [0.2, 0.25) is 0 Å². The monoisotopic (exact) mass is 346 g/mol. The van der Waals surface area contributed by atoms with E-state index in [1.54, 1.807) is 4.52 Å². The van der Waals surface area contributed by atoms with E-state index in [9.17, 15) is 0 Å². The van der Waals surface area contributed by atoms with Gasteiger partial charge in [-0.05, 0) is 25.0 Å². The molecule has 1 aromatic carbocycles. The molecule has 0 unspecified atom stereocenters. The van der Waals surface area contributed by atoms with Crippen LogP contribution in [0.5, 0.6) is 0 Å². The topological polar surface area (TPSA) is 85.8 Å². The van der Waals surface area contributed by atoms with Crippen molar-refractivity contribution in [2.24, 2.45) is 0 Å². The third-order valence-electron chi connectivity index (χ3n) is 4.66. The Kier molecular flexibility index (Phi) is 3.59. The van der Waals surface area contributed by atoms with Gasteiger partial charge in [-0.2, -0.15) is 4.52 Å². The van der Waals surface area contributed by atoms with E-state index in [1.165, 1.54) is 12.8 Å². The molecule has 0 fully saturated rings. The maximum Gasteiger partial charge on any atom is 0.185 e. The highest BCUT2D eigenvalue weighted by atomic mass is 15.4. The molecule has 1 aliphatic heterocycles. The fraction of sp³-hybridized carbons (Fsp3) is 0.278. The zero-order chi connectivity index (χ0) is 17.3. The first kappa shape index (κ1) is 15.0. The fourth-order valence-electron chi connectivity index (χ4n) is 3.32. The van der Waals surface area contributed by atoms with Gasteiger partial charge in [-0.1, -0.05) is 30.3 Å². The predicted octanol–water partition coefficient (Wildman–Crippen LogP) is 2.33. The second-order valence-corrected chi connectivity index (χ2v) is 6.37. The summed E-state index contributed by atoms with van der Waals surface area (Å²) in [6.45, 7) is 1.59. The molecule has 0 atom stereocenters. The van der Waals surface area contributed by atoms with E-state index >= 15 is 0 Å². The third-order valence-corrected chi connectivity index (χ3v) is 4.66. The first-order valence-electron chi connectivity index (χ1n) is 8.81. The number of benzene rings is 1. The molecular weight excluding hydrogens is 328 g/mol. The normalized spacial score (nSPS) is 13.7. The molecule has 26 heavy (non-hydrogen) atoms. The smallest absolute Gasteiger partial charge is 0.185 e. The molecule has 0 amide bonds. The zero-order valence-electron chi connectivity index (χ0n) is 14.2. The van der Waals surface area contributed by atoms with Crippen molar-refractivity contribution >= 4 is 11.5 Å². The van der Waals surface area contributed by atoms with Crippen LogP contribution >= 0.6 is 0 Å². The van der Waals surface area contributed by atoms with Crippen molar-refractivity contribution in [3.63, 3.8) is 0 Å². The van der Waals surface area contributed by atoms with E-state index in [1.807, 2.05) is 42.5 Å². The van der Waals surface area contributed by atoms with Gasteiger partial charge in [0.25, 0.3) is 0 Å². The number of aromatic nitrogens is 7. The summed E-state index contributed by atoms with van der Waals surface area (Å²) in [5, 5.41) is 25.1.